The summed E-state index contributed by atoms with van der Waals surface area (Å²) in [4.78, 5) is 4.68. The number of rotatable bonds is 6. The van der Waals surface area contributed by atoms with Gasteiger partial charge in [-0.2, -0.15) is 0 Å². The van der Waals surface area contributed by atoms with E-state index in [2.05, 4.69) is 39.8 Å². The number of nitrogens with one attached hydrogen (secondary N) is 1. The standard InChI is InChI=1S/C24H29N3O2S/c1-26(2)23(20-13-14-22-19(16-20)10-7-15-27(22)3)17-25-30(28,29)24-12-6-9-18-8-4-5-11-21(18)24/h4-6,8-9,11-14,16,23,25H,7,10,15,17H2,1-3H3/t23-/m1/s1. The Morgan fingerprint density at radius 1 is 1.07 bits per heavy atom. The highest BCUT2D eigenvalue weighted by atomic mass is 32.2. The van der Waals surface area contributed by atoms with Crippen LogP contribution in [0.3, 0.4) is 0 Å². The van der Waals surface area contributed by atoms with Crippen LogP contribution in [0.25, 0.3) is 10.8 Å². The molecule has 1 aliphatic rings. The van der Waals surface area contributed by atoms with Gasteiger partial charge < -0.3 is 9.80 Å². The third-order valence-electron chi connectivity index (χ3n) is 5.97. The number of likely N-dealkylation sites (N-methyl/N-ethyl adjacent to an activating group) is 1. The van der Waals surface area contributed by atoms with Gasteiger partial charge in [-0.05, 0) is 55.6 Å². The first-order chi connectivity index (χ1) is 14.4. The molecule has 0 saturated carbocycles. The number of sulfonamides is 1. The van der Waals surface area contributed by atoms with E-state index in [1.54, 1.807) is 12.1 Å². The predicted octanol–water partition coefficient (Wildman–Crippen LogP) is 3.80. The van der Waals surface area contributed by atoms with Crippen LogP contribution in [0.1, 0.15) is 23.6 Å². The largest absolute Gasteiger partial charge is 0.374 e. The average molecular weight is 424 g/mol. The van der Waals surface area contributed by atoms with Crippen LogP contribution >= 0.6 is 0 Å². The lowest BCUT2D eigenvalue weighted by molar-refractivity contribution is 0.299. The molecule has 30 heavy (non-hydrogen) atoms. The lowest BCUT2D eigenvalue weighted by Gasteiger charge is -2.30. The van der Waals surface area contributed by atoms with Gasteiger partial charge in [0.15, 0.2) is 0 Å². The SMILES string of the molecule is CN1CCCc2cc([C@@H](CNS(=O)(=O)c3cccc4ccccc34)N(C)C)ccc21. The zero-order chi connectivity index (χ0) is 21.3. The van der Waals surface area contributed by atoms with Gasteiger partial charge in [0, 0.05) is 37.3 Å². The molecule has 0 amide bonds. The highest BCUT2D eigenvalue weighted by Gasteiger charge is 2.23. The van der Waals surface area contributed by atoms with E-state index in [0.717, 1.165) is 35.7 Å². The summed E-state index contributed by atoms with van der Waals surface area (Å²) in [6.45, 7) is 1.39. The van der Waals surface area contributed by atoms with Crippen molar-refractivity contribution >= 4 is 26.5 Å². The minimum atomic E-state index is -3.63. The van der Waals surface area contributed by atoms with Crippen LogP contribution in [-0.2, 0) is 16.4 Å². The second kappa shape index (κ2) is 8.38. The molecule has 4 rings (SSSR count). The normalized spacial score (nSPS) is 15.4. The van der Waals surface area contributed by atoms with Crippen molar-refractivity contribution in [3.05, 3.63) is 71.8 Å². The van der Waals surface area contributed by atoms with E-state index in [0.29, 0.717) is 11.4 Å². The molecule has 0 bridgehead atoms. The van der Waals surface area contributed by atoms with Gasteiger partial charge in [-0.3, -0.25) is 0 Å². The molecule has 0 spiro atoms. The summed E-state index contributed by atoms with van der Waals surface area (Å²) in [7, 11) is 2.47. The van der Waals surface area contributed by atoms with E-state index in [-0.39, 0.29) is 6.04 Å². The van der Waals surface area contributed by atoms with Gasteiger partial charge in [-0.1, -0.05) is 48.5 Å². The van der Waals surface area contributed by atoms with E-state index in [1.165, 1.54) is 11.3 Å². The van der Waals surface area contributed by atoms with E-state index in [9.17, 15) is 8.42 Å². The van der Waals surface area contributed by atoms with Gasteiger partial charge in [-0.15, -0.1) is 0 Å². The maximum absolute atomic E-state index is 13.1. The maximum atomic E-state index is 13.1. The number of fused-ring (bicyclic) bond motifs is 2. The van der Waals surface area contributed by atoms with Crippen LogP contribution in [0.2, 0.25) is 0 Å². The van der Waals surface area contributed by atoms with Crippen LogP contribution < -0.4 is 9.62 Å². The molecule has 1 N–H and O–H groups in total. The first-order valence-corrected chi connectivity index (χ1v) is 11.8. The Labute approximate surface area is 179 Å². The van der Waals surface area contributed by atoms with E-state index < -0.39 is 10.0 Å². The topological polar surface area (TPSA) is 52.7 Å². The predicted molar refractivity (Wildman–Crippen MR) is 124 cm³/mol. The first-order valence-electron chi connectivity index (χ1n) is 10.3. The Bertz CT molecular complexity index is 1150. The summed E-state index contributed by atoms with van der Waals surface area (Å²) < 4.78 is 29.1. The fraction of sp³-hybridized carbons (Fsp3) is 0.333. The zero-order valence-electron chi connectivity index (χ0n) is 17.8. The molecule has 5 nitrogen and oxygen atoms in total. The number of hydrogen-bond donors (Lipinski definition) is 1. The van der Waals surface area contributed by atoms with Crippen LogP contribution in [0.4, 0.5) is 5.69 Å². The molecular weight excluding hydrogens is 394 g/mol. The Kier molecular flexibility index (Phi) is 5.82. The molecule has 1 atom stereocenters. The molecular formula is C24H29N3O2S. The summed E-state index contributed by atoms with van der Waals surface area (Å²) in [5, 5.41) is 1.66. The van der Waals surface area contributed by atoms with Crippen LogP contribution in [0.15, 0.2) is 65.6 Å². The maximum Gasteiger partial charge on any atom is 0.241 e. The molecule has 1 heterocycles. The minimum absolute atomic E-state index is 0.0488. The summed E-state index contributed by atoms with van der Waals surface area (Å²) in [5.74, 6) is 0. The lowest BCUT2D eigenvalue weighted by atomic mass is 9.96. The van der Waals surface area contributed by atoms with Gasteiger partial charge >= 0.3 is 0 Å². The molecule has 6 heteroatoms. The van der Waals surface area contributed by atoms with Crippen molar-refractivity contribution in [1.82, 2.24) is 9.62 Å². The third kappa shape index (κ3) is 4.08. The molecule has 0 unspecified atom stereocenters. The smallest absolute Gasteiger partial charge is 0.241 e. The van der Waals surface area contributed by atoms with Crippen molar-refractivity contribution in [1.29, 1.82) is 0 Å². The number of nitrogens with zero attached hydrogens (tertiary/aromatic N) is 2. The zero-order valence-corrected chi connectivity index (χ0v) is 18.6. The Hall–Kier alpha value is -2.41. The van der Waals surface area contributed by atoms with Gasteiger partial charge in [0.1, 0.15) is 0 Å². The average Bonchev–Trinajstić information content (AvgIpc) is 2.73. The van der Waals surface area contributed by atoms with Crippen molar-refractivity contribution in [2.45, 2.75) is 23.8 Å². The summed E-state index contributed by atoms with van der Waals surface area (Å²) in [6.07, 6.45) is 2.21. The van der Waals surface area contributed by atoms with Crippen LogP contribution in [0.5, 0.6) is 0 Å². The van der Waals surface area contributed by atoms with Crippen molar-refractivity contribution < 1.29 is 8.42 Å². The summed E-state index contributed by atoms with van der Waals surface area (Å²) in [6, 6.07) is 19.4. The summed E-state index contributed by atoms with van der Waals surface area (Å²) in [5.41, 5.74) is 3.75. The van der Waals surface area contributed by atoms with Crippen molar-refractivity contribution in [3.8, 4) is 0 Å². The summed E-state index contributed by atoms with van der Waals surface area (Å²) >= 11 is 0. The number of hydrogen-bond acceptors (Lipinski definition) is 4. The van der Waals surface area contributed by atoms with Gasteiger partial charge in [-0.25, -0.2) is 13.1 Å². The molecule has 3 aromatic carbocycles. The number of anilines is 1. The lowest BCUT2D eigenvalue weighted by Crippen LogP contribution is -2.35. The molecule has 0 saturated heterocycles. The van der Waals surface area contributed by atoms with Gasteiger partial charge in [0.25, 0.3) is 0 Å². The molecule has 0 aromatic heterocycles. The van der Waals surface area contributed by atoms with Crippen LogP contribution in [-0.4, -0.2) is 47.6 Å². The first kappa shape index (κ1) is 20.8. The van der Waals surface area contributed by atoms with E-state index in [4.69, 9.17) is 0 Å². The Morgan fingerprint density at radius 3 is 2.63 bits per heavy atom. The van der Waals surface area contributed by atoms with Crippen LogP contribution in [0, 0.1) is 0 Å². The molecule has 1 aliphatic heterocycles. The monoisotopic (exact) mass is 423 g/mol. The minimum Gasteiger partial charge on any atom is -0.374 e. The molecule has 3 aromatic rings. The molecule has 0 radical (unpaired) electrons. The van der Waals surface area contributed by atoms with Crippen molar-refractivity contribution in [2.75, 3.05) is 39.1 Å². The number of benzene rings is 3. The fourth-order valence-electron chi connectivity index (χ4n) is 4.31. The highest BCUT2D eigenvalue weighted by molar-refractivity contribution is 7.89. The molecule has 158 valence electrons. The van der Waals surface area contributed by atoms with E-state index in [1.807, 2.05) is 44.4 Å². The Balaban J connectivity index is 1.60. The van der Waals surface area contributed by atoms with Gasteiger partial charge in [0.05, 0.1) is 4.90 Å². The second-order valence-electron chi connectivity index (χ2n) is 8.22. The third-order valence-corrected chi connectivity index (χ3v) is 7.45. The fourth-order valence-corrected chi connectivity index (χ4v) is 5.57. The Morgan fingerprint density at radius 2 is 1.83 bits per heavy atom. The number of aryl methyl sites for hydroxylation is 1. The highest BCUT2D eigenvalue weighted by Crippen LogP contribution is 2.30. The van der Waals surface area contributed by atoms with Gasteiger partial charge in [0.2, 0.25) is 10.0 Å². The molecule has 0 aliphatic carbocycles. The van der Waals surface area contributed by atoms with E-state index >= 15 is 0 Å². The molecule has 0 fully saturated rings. The second-order valence-corrected chi connectivity index (χ2v) is 9.96. The van der Waals surface area contributed by atoms with Crippen molar-refractivity contribution in [3.63, 3.8) is 0 Å². The van der Waals surface area contributed by atoms with Crippen molar-refractivity contribution in [2.24, 2.45) is 0 Å². The quantitative estimate of drug-likeness (QED) is 0.655.